The van der Waals surface area contributed by atoms with E-state index in [0.29, 0.717) is 27.3 Å². The van der Waals surface area contributed by atoms with Gasteiger partial charge in [0.05, 0.1) is 29.1 Å². The van der Waals surface area contributed by atoms with Crippen LogP contribution in [-0.4, -0.2) is 45.6 Å². The summed E-state index contributed by atoms with van der Waals surface area (Å²) in [4.78, 5) is 4.59. The van der Waals surface area contributed by atoms with Gasteiger partial charge in [-0.25, -0.2) is 9.37 Å². The Kier molecular flexibility index (Phi) is 7.19. The van der Waals surface area contributed by atoms with E-state index in [0.717, 1.165) is 11.4 Å². The molecule has 0 amide bonds. The first-order valence-corrected chi connectivity index (χ1v) is 10.5. The first kappa shape index (κ1) is 22.4. The van der Waals surface area contributed by atoms with Crippen molar-refractivity contribution in [3.63, 3.8) is 0 Å². The van der Waals surface area contributed by atoms with Crippen molar-refractivity contribution in [1.82, 2.24) is 15.2 Å². The molecule has 1 aromatic carbocycles. The van der Waals surface area contributed by atoms with Crippen molar-refractivity contribution in [3.05, 3.63) is 40.8 Å². The lowest BCUT2D eigenvalue weighted by Crippen LogP contribution is -2.31. The molecule has 160 valence electrons. The second kappa shape index (κ2) is 9.65. The molecule has 1 unspecified atom stereocenters. The molecule has 0 saturated heterocycles. The summed E-state index contributed by atoms with van der Waals surface area (Å²) in [7, 11) is 0. The molecule has 1 atom stereocenters. The van der Waals surface area contributed by atoms with Crippen molar-refractivity contribution in [3.8, 4) is 27.0 Å². The lowest BCUT2D eigenvalue weighted by Gasteiger charge is -2.12. The fourth-order valence-electron chi connectivity index (χ4n) is 2.63. The molecule has 30 heavy (non-hydrogen) atoms. The summed E-state index contributed by atoms with van der Waals surface area (Å²) in [5.41, 5.74) is 8.47. The highest BCUT2D eigenvalue weighted by molar-refractivity contribution is 7.17. The molecule has 0 fully saturated rings. The molecular weight excluding hydrogens is 429 g/mol. The van der Waals surface area contributed by atoms with E-state index in [9.17, 15) is 4.39 Å². The zero-order valence-corrected chi connectivity index (χ0v) is 18.4. The van der Waals surface area contributed by atoms with Crippen LogP contribution < -0.4 is 15.8 Å². The number of hydrogen-bond donors (Lipinski definition) is 3. The van der Waals surface area contributed by atoms with E-state index in [1.165, 1.54) is 23.5 Å². The second-order valence-corrected chi connectivity index (χ2v) is 8.44. The number of nitrogens with one attached hydrogen (secondary N) is 1. The number of hydrogen-bond acceptors (Lipinski definition) is 8. The van der Waals surface area contributed by atoms with Crippen molar-refractivity contribution < 1.29 is 14.2 Å². The van der Waals surface area contributed by atoms with Crippen molar-refractivity contribution in [2.75, 3.05) is 18.5 Å². The zero-order chi connectivity index (χ0) is 21.8. The van der Waals surface area contributed by atoms with Crippen LogP contribution >= 0.6 is 22.9 Å². The number of aliphatic hydroxyl groups is 1. The lowest BCUT2D eigenvalue weighted by atomic mass is 10.2. The minimum absolute atomic E-state index is 0.0290. The highest BCUT2D eigenvalue weighted by Crippen LogP contribution is 2.37. The highest BCUT2D eigenvalue weighted by Gasteiger charge is 2.17. The van der Waals surface area contributed by atoms with Crippen LogP contribution in [0.5, 0.6) is 5.75 Å². The van der Waals surface area contributed by atoms with Crippen molar-refractivity contribution in [2.45, 2.75) is 32.9 Å². The topological polar surface area (TPSA) is 106 Å². The van der Waals surface area contributed by atoms with Gasteiger partial charge in [0, 0.05) is 17.7 Å². The number of halogens is 2. The SMILES string of the molecule is Cc1nc(-c2nnc(-c3cc(F)c(OCC(N)CO)cc3Cl)s2)ccc1NC(C)C. The minimum Gasteiger partial charge on any atom is -0.489 e. The van der Waals surface area contributed by atoms with Crippen LogP contribution in [0.25, 0.3) is 21.3 Å². The Hall–Kier alpha value is -2.33. The van der Waals surface area contributed by atoms with E-state index < -0.39 is 11.9 Å². The van der Waals surface area contributed by atoms with Gasteiger partial charge in [0.1, 0.15) is 17.3 Å². The molecule has 0 aliphatic carbocycles. The van der Waals surface area contributed by atoms with Gasteiger partial charge in [0.2, 0.25) is 0 Å². The summed E-state index contributed by atoms with van der Waals surface area (Å²) < 4.78 is 19.7. The predicted molar refractivity (Wildman–Crippen MR) is 118 cm³/mol. The maximum atomic E-state index is 14.5. The van der Waals surface area contributed by atoms with Gasteiger partial charge >= 0.3 is 0 Å². The molecule has 0 bridgehead atoms. The molecule has 0 saturated carbocycles. The molecule has 10 heteroatoms. The third-order valence-corrected chi connectivity index (χ3v) is 5.41. The summed E-state index contributed by atoms with van der Waals surface area (Å²) >= 11 is 7.59. The van der Waals surface area contributed by atoms with Gasteiger partial charge in [-0.2, -0.15) is 0 Å². The van der Waals surface area contributed by atoms with Gasteiger partial charge < -0.3 is 20.9 Å². The van der Waals surface area contributed by atoms with Crippen molar-refractivity contribution in [1.29, 1.82) is 0 Å². The average molecular weight is 452 g/mol. The second-order valence-electron chi connectivity index (χ2n) is 7.06. The largest absolute Gasteiger partial charge is 0.489 e. The first-order valence-electron chi connectivity index (χ1n) is 9.35. The molecule has 2 aromatic heterocycles. The quantitative estimate of drug-likeness (QED) is 0.477. The molecule has 2 heterocycles. The van der Waals surface area contributed by atoms with E-state index >= 15 is 0 Å². The lowest BCUT2D eigenvalue weighted by molar-refractivity contribution is 0.202. The summed E-state index contributed by atoms with van der Waals surface area (Å²) in [6, 6.07) is 6.13. The van der Waals surface area contributed by atoms with Crippen molar-refractivity contribution >= 4 is 28.6 Å². The molecule has 0 radical (unpaired) electrons. The Morgan fingerprint density at radius 3 is 2.67 bits per heavy atom. The molecule has 7 nitrogen and oxygen atoms in total. The van der Waals surface area contributed by atoms with Crippen LogP contribution in [0.1, 0.15) is 19.5 Å². The number of nitrogens with zero attached hydrogens (tertiary/aromatic N) is 3. The standard InChI is InChI=1S/C20H23ClFN5O2S/c1-10(2)24-16-4-5-17(25-11(16)3)20-27-26-19(30-20)13-6-15(22)18(7-14(13)21)29-9-12(23)8-28/h4-7,10,12,24,28H,8-9,23H2,1-3H3. The van der Waals surface area contributed by atoms with Crippen molar-refractivity contribution in [2.24, 2.45) is 5.73 Å². The Morgan fingerprint density at radius 2 is 2.00 bits per heavy atom. The predicted octanol–water partition coefficient (Wildman–Crippen LogP) is 3.89. The molecule has 0 aliphatic heterocycles. The Balaban J connectivity index is 1.84. The number of rotatable bonds is 8. The summed E-state index contributed by atoms with van der Waals surface area (Å²) in [6.45, 7) is 5.75. The molecule has 0 spiro atoms. The Labute approximate surface area is 183 Å². The first-order chi connectivity index (χ1) is 14.3. The van der Waals surface area contributed by atoms with Crippen LogP contribution in [0.15, 0.2) is 24.3 Å². The maximum Gasteiger partial charge on any atom is 0.166 e. The normalized spacial score (nSPS) is 12.3. The van der Waals surface area contributed by atoms with Crippen LogP contribution in [0.3, 0.4) is 0 Å². The fourth-order valence-corrected chi connectivity index (χ4v) is 3.77. The number of pyridine rings is 1. The summed E-state index contributed by atoms with van der Waals surface area (Å²) in [6.07, 6.45) is 0. The third-order valence-electron chi connectivity index (χ3n) is 4.11. The van der Waals surface area contributed by atoms with E-state index in [2.05, 4.69) is 34.3 Å². The molecule has 3 rings (SSSR count). The number of aryl methyl sites for hydroxylation is 1. The number of benzene rings is 1. The minimum atomic E-state index is -0.605. The zero-order valence-electron chi connectivity index (χ0n) is 16.8. The Bertz CT molecular complexity index is 1030. The van der Waals surface area contributed by atoms with E-state index in [-0.39, 0.29) is 24.0 Å². The van der Waals surface area contributed by atoms with Crippen LogP contribution in [0, 0.1) is 12.7 Å². The number of anilines is 1. The molecule has 0 aliphatic rings. The van der Waals surface area contributed by atoms with E-state index in [4.69, 9.17) is 27.2 Å². The number of aromatic nitrogens is 3. The van der Waals surface area contributed by atoms with Crippen LogP contribution in [-0.2, 0) is 0 Å². The van der Waals surface area contributed by atoms with Gasteiger partial charge in [-0.1, -0.05) is 22.9 Å². The number of nitrogens with two attached hydrogens (primary N) is 1. The van der Waals surface area contributed by atoms with E-state index in [1.807, 2.05) is 19.1 Å². The average Bonchev–Trinajstić information content (AvgIpc) is 3.19. The molecular formula is C20H23ClFN5O2S. The molecule has 4 N–H and O–H groups in total. The number of ether oxygens (including phenoxy) is 1. The van der Waals surface area contributed by atoms with E-state index in [1.54, 1.807) is 0 Å². The Morgan fingerprint density at radius 1 is 1.27 bits per heavy atom. The molecule has 3 aromatic rings. The third kappa shape index (κ3) is 5.23. The highest BCUT2D eigenvalue weighted by atomic mass is 35.5. The van der Waals surface area contributed by atoms with Gasteiger partial charge in [-0.3, -0.25) is 0 Å². The van der Waals surface area contributed by atoms with Gasteiger partial charge in [0.15, 0.2) is 16.6 Å². The summed E-state index contributed by atoms with van der Waals surface area (Å²) in [5, 5.41) is 22.0. The monoisotopic (exact) mass is 451 g/mol. The van der Waals surface area contributed by atoms with Gasteiger partial charge in [0.25, 0.3) is 0 Å². The summed E-state index contributed by atoms with van der Waals surface area (Å²) in [5.74, 6) is -0.641. The van der Waals surface area contributed by atoms with Crippen LogP contribution in [0.4, 0.5) is 10.1 Å². The smallest absolute Gasteiger partial charge is 0.166 e. The number of aliphatic hydroxyl groups excluding tert-OH is 1. The van der Waals surface area contributed by atoms with Crippen LogP contribution in [0.2, 0.25) is 5.02 Å². The van der Waals surface area contributed by atoms with Gasteiger partial charge in [-0.05, 0) is 39.0 Å². The van der Waals surface area contributed by atoms with Gasteiger partial charge in [-0.15, -0.1) is 10.2 Å². The maximum absolute atomic E-state index is 14.5. The fraction of sp³-hybridized carbons (Fsp3) is 0.350.